The lowest BCUT2D eigenvalue weighted by molar-refractivity contribution is -0.127. The van der Waals surface area contributed by atoms with Gasteiger partial charge in [0.1, 0.15) is 0 Å². The number of likely N-dealkylation sites (tertiary alicyclic amines) is 1. The minimum Gasteiger partial charge on any atom is -0.380 e. The number of hydrogen-bond donors (Lipinski definition) is 1. The highest BCUT2D eigenvalue weighted by Gasteiger charge is 2.25. The van der Waals surface area contributed by atoms with Crippen LogP contribution in [0.3, 0.4) is 0 Å². The molecule has 2 aromatic carbocycles. The number of aryl methyl sites for hydroxylation is 1. The smallest absolute Gasteiger partial charge is 0.232 e. The Morgan fingerprint density at radius 3 is 2.67 bits per heavy atom. The summed E-state index contributed by atoms with van der Waals surface area (Å²) in [5.74, 6) is 1.71. The standard InChI is InChI=1S/C20H24N2OS/c1-16-7-9-17(10-8-16)14-24-15-20(23)22-12-11-19(13-22)21-18-5-3-2-4-6-18/h2-10,19,21H,11-15H2,1H3. The molecule has 1 N–H and O–H groups in total. The quantitative estimate of drug-likeness (QED) is 0.864. The summed E-state index contributed by atoms with van der Waals surface area (Å²) < 4.78 is 0. The Bertz CT molecular complexity index is 657. The molecule has 3 nitrogen and oxygen atoms in total. The van der Waals surface area contributed by atoms with Crippen LogP contribution in [0.25, 0.3) is 0 Å². The fourth-order valence-corrected chi connectivity index (χ4v) is 3.79. The predicted octanol–water partition coefficient (Wildman–Crippen LogP) is 3.94. The third kappa shape index (κ3) is 4.78. The average Bonchev–Trinajstić information content (AvgIpc) is 3.06. The van der Waals surface area contributed by atoms with Crippen LogP contribution in [-0.4, -0.2) is 35.7 Å². The van der Waals surface area contributed by atoms with Crippen LogP contribution < -0.4 is 5.32 Å². The Labute approximate surface area is 148 Å². The van der Waals surface area contributed by atoms with E-state index in [4.69, 9.17) is 0 Å². The van der Waals surface area contributed by atoms with Crippen LogP contribution in [0.2, 0.25) is 0 Å². The molecule has 1 amide bonds. The average molecular weight is 340 g/mol. The van der Waals surface area contributed by atoms with E-state index in [0.29, 0.717) is 11.8 Å². The van der Waals surface area contributed by atoms with E-state index in [0.717, 1.165) is 31.0 Å². The number of para-hydroxylation sites is 1. The molecule has 126 valence electrons. The predicted molar refractivity (Wildman–Crippen MR) is 102 cm³/mol. The minimum absolute atomic E-state index is 0.254. The number of anilines is 1. The summed E-state index contributed by atoms with van der Waals surface area (Å²) in [6.45, 7) is 3.75. The number of amides is 1. The number of carbonyl (C=O) groups excluding carboxylic acids is 1. The third-order valence-corrected chi connectivity index (χ3v) is 5.29. The molecule has 2 aromatic rings. The lowest BCUT2D eigenvalue weighted by atomic mass is 10.2. The fourth-order valence-electron chi connectivity index (χ4n) is 2.91. The lowest BCUT2D eigenvalue weighted by Gasteiger charge is -2.17. The van der Waals surface area contributed by atoms with Gasteiger partial charge in [0.15, 0.2) is 0 Å². The van der Waals surface area contributed by atoms with Gasteiger partial charge in [-0.15, -0.1) is 11.8 Å². The van der Waals surface area contributed by atoms with Crippen LogP contribution in [0.1, 0.15) is 17.5 Å². The summed E-state index contributed by atoms with van der Waals surface area (Å²) >= 11 is 1.70. The Kier molecular flexibility index (Phi) is 5.81. The molecule has 1 heterocycles. The molecule has 1 atom stereocenters. The van der Waals surface area contributed by atoms with E-state index in [-0.39, 0.29) is 5.91 Å². The van der Waals surface area contributed by atoms with Gasteiger partial charge >= 0.3 is 0 Å². The molecule has 1 saturated heterocycles. The number of hydrogen-bond acceptors (Lipinski definition) is 3. The first-order valence-corrected chi connectivity index (χ1v) is 9.59. The van der Waals surface area contributed by atoms with Crippen LogP contribution in [0.15, 0.2) is 54.6 Å². The number of carbonyl (C=O) groups is 1. The van der Waals surface area contributed by atoms with Crippen LogP contribution in [-0.2, 0) is 10.5 Å². The van der Waals surface area contributed by atoms with Gasteiger partial charge in [-0.25, -0.2) is 0 Å². The van der Waals surface area contributed by atoms with Gasteiger partial charge < -0.3 is 10.2 Å². The number of benzene rings is 2. The van der Waals surface area contributed by atoms with Crippen LogP contribution >= 0.6 is 11.8 Å². The Morgan fingerprint density at radius 2 is 1.92 bits per heavy atom. The molecule has 1 aliphatic rings. The fraction of sp³-hybridized carbons (Fsp3) is 0.350. The summed E-state index contributed by atoms with van der Waals surface area (Å²) in [4.78, 5) is 14.4. The maximum atomic E-state index is 12.4. The summed E-state index contributed by atoms with van der Waals surface area (Å²) in [6, 6.07) is 19.1. The second-order valence-electron chi connectivity index (χ2n) is 6.31. The van der Waals surface area contributed by atoms with Gasteiger partial charge in [-0.05, 0) is 31.0 Å². The molecule has 1 unspecified atom stereocenters. The van der Waals surface area contributed by atoms with Gasteiger partial charge in [-0.1, -0.05) is 48.0 Å². The van der Waals surface area contributed by atoms with Crippen molar-refractivity contribution in [2.75, 3.05) is 24.2 Å². The van der Waals surface area contributed by atoms with Crippen molar-refractivity contribution in [3.8, 4) is 0 Å². The Morgan fingerprint density at radius 1 is 1.17 bits per heavy atom. The number of nitrogens with zero attached hydrogens (tertiary/aromatic N) is 1. The first kappa shape index (κ1) is 16.9. The van der Waals surface area contributed by atoms with Crippen molar-refractivity contribution in [3.05, 3.63) is 65.7 Å². The Hall–Kier alpha value is -1.94. The van der Waals surface area contributed by atoms with Crippen molar-refractivity contribution in [2.24, 2.45) is 0 Å². The number of thioether (sulfide) groups is 1. The zero-order valence-corrected chi connectivity index (χ0v) is 14.9. The maximum Gasteiger partial charge on any atom is 0.232 e. The number of rotatable bonds is 6. The van der Waals surface area contributed by atoms with Crippen molar-refractivity contribution < 1.29 is 4.79 Å². The van der Waals surface area contributed by atoms with Crippen molar-refractivity contribution >= 4 is 23.4 Å². The third-order valence-electron chi connectivity index (χ3n) is 4.30. The van der Waals surface area contributed by atoms with Crippen molar-refractivity contribution in [3.63, 3.8) is 0 Å². The SMILES string of the molecule is Cc1ccc(CSCC(=O)N2CCC(Nc3ccccc3)C2)cc1. The van der Waals surface area contributed by atoms with Crippen LogP contribution in [0, 0.1) is 6.92 Å². The minimum atomic E-state index is 0.254. The van der Waals surface area contributed by atoms with E-state index >= 15 is 0 Å². The highest BCUT2D eigenvalue weighted by Crippen LogP contribution is 2.18. The highest BCUT2D eigenvalue weighted by atomic mass is 32.2. The Balaban J connectivity index is 1.40. The van der Waals surface area contributed by atoms with Gasteiger partial charge in [-0.3, -0.25) is 4.79 Å². The second-order valence-corrected chi connectivity index (χ2v) is 7.30. The molecule has 0 spiro atoms. The van der Waals surface area contributed by atoms with Crippen molar-refractivity contribution in [1.82, 2.24) is 4.90 Å². The molecule has 4 heteroatoms. The van der Waals surface area contributed by atoms with Gasteiger partial charge in [0.25, 0.3) is 0 Å². The summed E-state index contributed by atoms with van der Waals surface area (Å²) in [5.41, 5.74) is 3.68. The van der Waals surface area contributed by atoms with Gasteiger partial charge in [0, 0.05) is 30.6 Å². The van der Waals surface area contributed by atoms with E-state index in [1.54, 1.807) is 11.8 Å². The zero-order valence-electron chi connectivity index (χ0n) is 14.1. The molecule has 1 fully saturated rings. The van der Waals surface area contributed by atoms with E-state index in [2.05, 4.69) is 48.6 Å². The van der Waals surface area contributed by atoms with E-state index in [1.165, 1.54) is 11.1 Å². The zero-order chi connectivity index (χ0) is 16.8. The van der Waals surface area contributed by atoms with Crippen molar-refractivity contribution in [2.45, 2.75) is 25.1 Å². The van der Waals surface area contributed by atoms with E-state index < -0.39 is 0 Å². The van der Waals surface area contributed by atoms with Crippen molar-refractivity contribution in [1.29, 1.82) is 0 Å². The molecule has 0 saturated carbocycles. The molecule has 24 heavy (non-hydrogen) atoms. The van der Waals surface area contributed by atoms with Gasteiger partial charge in [0.2, 0.25) is 5.91 Å². The normalized spacial score (nSPS) is 17.0. The molecule has 0 radical (unpaired) electrons. The molecule has 3 rings (SSSR count). The summed E-state index contributed by atoms with van der Waals surface area (Å²) in [7, 11) is 0. The molecule has 0 bridgehead atoms. The second kappa shape index (κ2) is 8.25. The monoisotopic (exact) mass is 340 g/mol. The largest absolute Gasteiger partial charge is 0.380 e. The van der Waals surface area contributed by atoms with Gasteiger partial charge in [0.05, 0.1) is 5.75 Å². The molecule has 1 aliphatic heterocycles. The van der Waals surface area contributed by atoms with E-state index in [1.807, 2.05) is 23.1 Å². The van der Waals surface area contributed by atoms with Crippen LogP contribution in [0.5, 0.6) is 0 Å². The number of nitrogens with one attached hydrogen (secondary N) is 1. The molecule has 0 aliphatic carbocycles. The molecule has 0 aromatic heterocycles. The topological polar surface area (TPSA) is 32.3 Å². The molecular formula is C20H24N2OS. The summed E-state index contributed by atoms with van der Waals surface area (Å²) in [5, 5.41) is 3.51. The first-order chi connectivity index (χ1) is 11.7. The van der Waals surface area contributed by atoms with Gasteiger partial charge in [-0.2, -0.15) is 0 Å². The maximum absolute atomic E-state index is 12.4. The molecular weight excluding hydrogens is 316 g/mol. The highest BCUT2D eigenvalue weighted by molar-refractivity contribution is 7.99. The lowest BCUT2D eigenvalue weighted by Crippen LogP contribution is -2.32. The van der Waals surface area contributed by atoms with E-state index in [9.17, 15) is 4.79 Å². The summed E-state index contributed by atoms with van der Waals surface area (Å²) in [6.07, 6.45) is 1.02. The van der Waals surface area contributed by atoms with Crippen LogP contribution in [0.4, 0.5) is 5.69 Å². The first-order valence-electron chi connectivity index (χ1n) is 8.43.